The Bertz CT molecular complexity index is 602. The maximum atomic E-state index is 11.8. The fraction of sp³-hybridized carbons (Fsp3) is 0.286. The molecule has 100 valence electrons. The predicted octanol–water partition coefficient (Wildman–Crippen LogP) is 2.50. The van der Waals surface area contributed by atoms with E-state index in [1.54, 1.807) is 23.7 Å². The highest BCUT2D eigenvalue weighted by atomic mass is 32.1. The Labute approximate surface area is 115 Å². The number of nitrogens with zero attached hydrogens (tertiary/aromatic N) is 1. The maximum absolute atomic E-state index is 11.8. The SMILES string of the molecule is CCn1ccc(=O)c(NC(=O)CCc2cccs2)c1. The van der Waals surface area contributed by atoms with Crippen molar-refractivity contribution in [1.82, 2.24) is 4.57 Å². The highest BCUT2D eigenvalue weighted by Gasteiger charge is 2.06. The molecule has 0 atom stereocenters. The number of aromatic nitrogens is 1. The van der Waals surface area contributed by atoms with Gasteiger partial charge in [0.2, 0.25) is 11.3 Å². The van der Waals surface area contributed by atoms with Crippen molar-refractivity contribution < 1.29 is 4.79 Å². The van der Waals surface area contributed by atoms with Gasteiger partial charge in [0.15, 0.2) is 0 Å². The summed E-state index contributed by atoms with van der Waals surface area (Å²) in [6.07, 6.45) is 4.48. The van der Waals surface area contributed by atoms with Crippen molar-refractivity contribution in [2.24, 2.45) is 0 Å². The van der Waals surface area contributed by atoms with Crippen LogP contribution in [0.25, 0.3) is 0 Å². The Morgan fingerprint density at radius 2 is 2.26 bits per heavy atom. The molecule has 19 heavy (non-hydrogen) atoms. The first-order chi connectivity index (χ1) is 9.19. The molecule has 0 radical (unpaired) electrons. The maximum Gasteiger partial charge on any atom is 0.224 e. The summed E-state index contributed by atoms with van der Waals surface area (Å²) in [5, 5.41) is 4.67. The second-order valence-electron chi connectivity index (χ2n) is 4.18. The number of thiophene rings is 1. The van der Waals surface area contributed by atoms with Gasteiger partial charge in [-0.05, 0) is 24.8 Å². The summed E-state index contributed by atoms with van der Waals surface area (Å²) in [4.78, 5) is 24.6. The highest BCUT2D eigenvalue weighted by Crippen LogP contribution is 2.11. The van der Waals surface area contributed by atoms with E-state index in [1.165, 1.54) is 10.9 Å². The van der Waals surface area contributed by atoms with E-state index in [1.807, 2.05) is 29.0 Å². The Morgan fingerprint density at radius 1 is 1.42 bits per heavy atom. The number of carbonyl (C=O) groups is 1. The molecule has 0 spiro atoms. The molecule has 5 heteroatoms. The van der Waals surface area contributed by atoms with Crippen LogP contribution in [-0.2, 0) is 17.8 Å². The summed E-state index contributed by atoms with van der Waals surface area (Å²) in [5.41, 5.74) is 0.190. The first kappa shape index (κ1) is 13.5. The molecule has 0 saturated heterocycles. The molecule has 4 nitrogen and oxygen atoms in total. The standard InChI is InChI=1S/C14H16N2O2S/c1-2-16-8-7-13(17)12(10-16)15-14(18)6-5-11-4-3-9-19-11/h3-4,7-10H,2,5-6H2,1H3,(H,15,18). The molecule has 2 rings (SSSR count). The minimum absolute atomic E-state index is 0.126. The van der Waals surface area contributed by atoms with Crippen molar-refractivity contribution >= 4 is 22.9 Å². The first-order valence-corrected chi connectivity index (χ1v) is 7.09. The van der Waals surface area contributed by atoms with E-state index in [9.17, 15) is 9.59 Å². The quantitative estimate of drug-likeness (QED) is 0.912. The van der Waals surface area contributed by atoms with Crippen molar-refractivity contribution in [2.45, 2.75) is 26.3 Å². The van der Waals surface area contributed by atoms with E-state index in [-0.39, 0.29) is 11.3 Å². The van der Waals surface area contributed by atoms with Crippen LogP contribution in [0.15, 0.2) is 40.8 Å². The van der Waals surface area contributed by atoms with E-state index in [0.29, 0.717) is 18.5 Å². The predicted molar refractivity (Wildman–Crippen MR) is 77.6 cm³/mol. The molecule has 1 amide bonds. The van der Waals surface area contributed by atoms with Gasteiger partial charge in [0.05, 0.1) is 0 Å². The molecule has 0 aliphatic heterocycles. The van der Waals surface area contributed by atoms with Crippen LogP contribution in [0.5, 0.6) is 0 Å². The van der Waals surface area contributed by atoms with E-state index < -0.39 is 0 Å². The van der Waals surface area contributed by atoms with Gasteiger partial charge in [-0.3, -0.25) is 9.59 Å². The van der Waals surface area contributed by atoms with Crippen LogP contribution in [0.1, 0.15) is 18.2 Å². The Balaban J connectivity index is 1.96. The van der Waals surface area contributed by atoms with Gasteiger partial charge in [-0.25, -0.2) is 0 Å². The summed E-state index contributed by atoms with van der Waals surface area (Å²) < 4.78 is 1.86. The topological polar surface area (TPSA) is 51.1 Å². The van der Waals surface area contributed by atoms with Crippen molar-refractivity contribution in [2.75, 3.05) is 5.32 Å². The summed E-state index contributed by atoms with van der Waals surface area (Å²) in [5.74, 6) is -0.126. The molecule has 0 fully saturated rings. The number of hydrogen-bond donors (Lipinski definition) is 1. The van der Waals surface area contributed by atoms with Gasteiger partial charge in [0, 0.05) is 36.3 Å². The lowest BCUT2D eigenvalue weighted by molar-refractivity contribution is -0.116. The number of aryl methyl sites for hydroxylation is 2. The molecule has 0 aromatic carbocycles. The summed E-state index contributed by atoms with van der Waals surface area (Å²) in [7, 11) is 0. The first-order valence-electron chi connectivity index (χ1n) is 6.21. The van der Waals surface area contributed by atoms with Crippen LogP contribution in [-0.4, -0.2) is 10.5 Å². The lowest BCUT2D eigenvalue weighted by atomic mass is 10.2. The molecule has 2 heterocycles. The van der Waals surface area contributed by atoms with Gasteiger partial charge in [0.1, 0.15) is 5.69 Å². The number of nitrogens with one attached hydrogen (secondary N) is 1. The molecular formula is C14H16N2O2S. The molecule has 0 bridgehead atoms. The smallest absolute Gasteiger partial charge is 0.224 e. The van der Waals surface area contributed by atoms with Crippen LogP contribution >= 0.6 is 11.3 Å². The van der Waals surface area contributed by atoms with Crippen molar-refractivity contribution in [1.29, 1.82) is 0 Å². The third-order valence-corrected chi connectivity index (χ3v) is 3.73. The van der Waals surface area contributed by atoms with E-state index in [4.69, 9.17) is 0 Å². The van der Waals surface area contributed by atoms with E-state index in [0.717, 1.165) is 6.54 Å². The Kier molecular flexibility index (Phi) is 4.52. The number of anilines is 1. The number of carbonyl (C=O) groups excluding carboxylic acids is 1. The zero-order chi connectivity index (χ0) is 13.7. The minimum Gasteiger partial charge on any atom is -0.352 e. The average molecular weight is 276 g/mol. The van der Waals surface area contributed by atoms with Gasteiger partial charge in [-0.15, -0.1) is 11.3 Å². The second kappa shape index (κ2) is 6.33. The molecule has 2 aromatic rings. The van der Waals surface area contributed by atoms with Crippen molar-refractivity contribution in [3.05, 3.63) is 51.1 Å². The Hall–Kier alpha value is -1.88. The molecule has 1 N–H and O–H groups in total. The van der Waals surface area contributed by atoms with Crippen LogP contribution in [0, 0.1) is 0 Å². The summed E-state index contributed by atoms with van der Waals surface area (Å²) in [6.45, 7) is 2.74. The number of hydrogen-bond acceptors (Lipinski definition) is 3. The largest absolute Gasteiger partial charge is 0.352 e. The number of amides is 1. The van der Waals surface area contributed by atoms with Crippen molar-refractivity contribution in [3.63, 3.8) is 0 Å². The van der Waals surface area contributed by atoms with Gasteiger partial charge in [0.25, 0.3) is 0 Å². The highest BCUT2D eigenvalue weighted by molar-refractivity contribution is 7.09. The molecule has 0 saturated carbocycles. The van der Waals surface area contributed by atoms with E-state index >= 15 is 0 Å². The summed E-state index contributed by atoms with van der Waals surface area (Å²) >= 11 is 1.63. The van der Waals surface area contributed by atoms with E-state index in [2.05, 4.69) is 5.32 Å². The Morgan fingerprint density at radius 3 is 2.95 bits per heavy atom. The van der Waals surface area contributed by atoms with Crippen LogP contribution in [0.3, 0.4) is 0 Å². The van der Waals surface area contributed by atoms with Crippen LogP contribution in [0.2, 0.25) is 0 Å². The van der Waals surface area contributed by atoms with Crippen LogP contribution < -0.4 is 10.7 Å². The fourth-order valence-electron chi connectivity index (χ4n) is 1.72. The minimum atomic E-state index is -0.158. The average Bonchev–Trinajstić information content (AvgIpc) is 2.92. The molecule has 0 aliphatic carbocycles. The number of rotatable bonds is 5. The molecule has 2 aromatic heterocycles. The van der Waals surface area contributed by atoms with Gasteiger partial charge in [-0.2, -0.15) is 0 Å². The van der Waals surface area contributed by atoms with Gasteiger partial charge in [-0.1, -0.05) is 6.07 Å². The fourth-order valence-corrected chi connectivity index (χ4v) is 2.43. The zero-order valence-corrected chi connectivity index (χ0v) is 11.6. The molecule has 0 aliphatic rings. The van der Waals surface area contributed by atoms with Crippen LogP contribution in [0.4, 0.5) is 5.69 Å². The van der Waals surface area contributed by atoms with Gasteiger partial charge >= 0.3 is 0 Å². The molecule has 0 unspecified atom stereocenters. The summed E-state index contributed by atoms with van der Waals surface area (Å²) in [6, 6.07) is 5.44. The van der Waals surface area contributed by atoms with Crippen molar-refractivity contribution in [3.8, 4) is 0 Å². The monoisotopic (exact) mass is 276 g/mol. The third kappa shape index (κ3) is 3.79. The lowest BCUT2D eigenvalue weighted by Crippen LogP contribution is -2.19. The van der Waals surface area contributed by atoms with Gasteiger partial charge < -0.3 is 9.88 Å². The third-order valence-electron chi connectivity index (χ3n) is 2.80. The second-order valence-corrected chi connectivity index (χ2v) is 5.21. The normalized spacial score (nSPS) is 10.4. The lowest BCUT2D eigenvalue weighted by Gasteiger charge is -2.07. The number of pyridine rings is 1. The zero-order valence-electron chi connectivity index (χ0n) is 10.8. The molecular weight excluding hydrogens is 260 g/mol.